The second-order valence-corrected chi connectivity index (χ2v) is 8.09. The van der Waals surface area contributed by atoms with Gasteiger partial charge in [-0.2, -0.15) is 0 Å². The summed E-state index contributed by atoms with van der Waals surface area (Å²) in [6, 6.07) is 14.4. The molecule has 0 fully saturated rings. The van der Waals surface area contributed by atoms with Crippen LogP contribution in [0, 0.1) is 6.92 Å². The molecule has 0 radical (unpaired) electrons. The van der Waals surface area contributed by atoms with Crippen LogP contribution >= 0.6 is 11.6 Å². The number of benzene rings is 2. The average Bonchev–Trinajstić information content (AvgIpc) is 3.02. The number of nitrogens with zero attached hydrogens (tertiary/aromatic N) is 2. The van der Waals surface area contributed by atoms with Crippen LogP contribution in [-0.4, -0.2) is 39.3 Å². The van der Waals surface area contributed by atoms with Gasteiger partial charge in [0.05, 0.1) is 22.0 Å². The number of aromatic nitrogens is 2. The topological polar surface area (TPSA) is 111 Å². The second-order valence-electron chi connectivity index (χ2n) is 7.68. The molecular formula is C24H25ClN4O5. The maximum atomic E-state index is 12.9. The minimum atomic E-state index is -1.21. The predicted molar refractivity (Wildman–Crippen MR) is 128 cm³/mol. The molecule has 10 heteroatoms. The first-order chi connectivity index (χ1) is 16.1. The van der Waals surface area contributed by atoms with E-state index in [9.17, 15) is 19.2 Å². The monoisotopic (exact) mass is 484 g/mol. The van der Waals surface area contributed by atoms with Crippen molar-refractivity contribution in [3.05, 3.63) is 81.2 Å². The fourth-order valence-corrected chi connectivity index (χ4v) is 3.47. The number of ether oxygens (including phenoxy) is 1. The molecule has 34 heavy (non-hydrogen) atoms. The highest BCUT2D eigenvalue weighted by Gasteiger charge is 2.26. The fourth-order valence-electron chi connectivity index (χ4n) is 3.25. The maximum Gasteiger partial charge on any atom is 0.329 e. The van der Waals surface area contributed by atoms with Crippen LogP contribution in [0.5, 0.6) is 0 Å². The van der Waals surface area contributed by atoms with Gasteiger partial charge in [-0.25, -0.2) is 9.48 Å². The van der Waals surface area contributed by atoms with Crippen LogP contribution in [0.25, 0.3) is 5.69 Å². The molecule has 2 amide bonds. The Morgan fingerprint density at radius 2 is 1.62 bits per heavy atom. The molecule has 2 aromatic carbocycles. The Morgan fingerprint density at radius 3 is 2.26 bits per heavy atom. The van der Waals surface area contributed by atoms with Crippen LogP contribution in [0.1, 0.15) is 29.9 Å². The Morgan fingerprint density at radius 1 is 1.00 bits per heavy atom. The molecule has 0 spiro atoms. The summed E-state index contributed by atoms with van der Waals surface area (Å²) in [6.45, 7) is 4.50. The Kier molecular flexibility index (Phi) is 7.57. The molecule has 3 aromatic rings. The lowest BCUT2D eigenvalue weighted by Crippen LogP contribution is -2.42. The third-order valence-corrected chi connectivity index (χ3v) is 5.61. The van der Waals surface area contributed by atoms with Crippen LogP contribution in [-0.2, 0) is 21.4 Å². The standard InChI is InChI=1S/C24H25ClN4O5/c1-14(26-22(31)18-12-8-9-13-19(18)25)24(33)34-16(3)21(30)27-20-15(2)28(4)29(23(20)32)17-10-6-5-7-11-17/h5-14,16H,1-4H3,(H,26,31)(H,27,30). The summed E-state index contributed by atoms with van der Waals surface area (Å²) >= 11 is 6.00. The van der Waals surface area contributed by atoms with Gasteiger partial charge in [0.15, 0.2) is 6.10 Å². The van der Waals surface area contributed by atoms with Crippen molar-refractivity contribution in [3.8, 4) is 5.69 Å². The van der Waals surface area contributed by atoms with E-state index >= 15 is 0 Å². The van der Waals surface area contributed by atoms with Gasteiger partial charge in [-0.05, 0) is 45.0 Å². The second kappa shape index (κ2) is 10.4. The molecule has 2 unspecified atom stereocenters. The van der Waals surface area contributed by atoms with E-state index in [2.05, 4.69) is 10.6 Å². The van der Waals surface area contributed by atoms with Crippen LogP contribution in [0.3, 0.4) is 0 Å². The SMILES string of the molecule is Cc1c(NC(=O)C(C)OC(=O)C(C)NC(=O)c2ccccc2Cl)c(=O)n(-c2ccccc2)n1C. The third kappa shape index (κ3) is 5.20. The zero-order chi connectivity index (χ0) is 25.0. The number of rotatable bonds is 7. The van der Waals surface area contributed by atoms with Crippen LogP contribution in [0.2, 0.25) is 5.02 Å². The summed E-state index contributed by atoms with van der Waals surface area (Å²) in [7, 11) is 1.70. The minimum Gasteiger partial charge on any atom is -0.451 e. The van der Waals surface area contributed by atoms with E-state index in [0.717, 1.165) is 0 Å². The van der Waals surface area contributed by atoms with Crippen molar-refractivity contribution in [1.82, 2.24) is 14.7 Å². The first kappa shape index (κ1) is 24.8. The van der Waals surface area contributed by atoms with Gasteiger partial charge in [-0.15, -0.1) is 0 Å². The Balaban J connectivity index is 1.66. The van der Waals surface area contributed by atoms with E-state index < -0.39 is 35.5 Å². The number of esters is 1. The van der Waals surface area contributed by atoms with Crippen molar-refractivity contribution in [1.29, 1.82) is 0 Å². The van der Waals surface area contributed by atoms with Gasteiger partial charge < -0.3 is 15.4 Å². The van der Waals surface area contributed by atoms with E-state index in [-0.39, 0.29) is 16.3 Å². The lowest BCUT2D eigenvalue weighted by atomic mass is 10.2. The number of halogens is 1. The lowest BCUT2D eigenvalue weighted by molar-refractivity contribution is -0.154. The molecule has 1 heterocycles. The van der Waals surface area contributed by atoms with E-state index in [4.69, 9.17) is 16.3 Å². The van der Waals surface area contributed by atoms with Crippen molar-refractivity contribution in [2.45, 2.75) is 32.9 Å². The number of carbonyl (C=O) groups is 3. The van der Waals surface area contributed by atoms with Gasteiger partial charge >= 0.3 is 5.97 Å². The molecule has 1 aromatic heterocycles. The number of hydrogen-bond donors (Lipinski definition) is 2. The third-order valence-electron chi connectivity index (χ3n) is 5.28. The van der Waals surface area contributed by atoms with Crippen molar-refractivity contribution in [2.24, 2.45) is 7.05 Å². The molecule has 2 atom stereocenters. The quantitative estimate of drug-likeness (QED) is 0.501. The number of amides is 2. The first-order valence-corrected chi connectivity index (χ1v) is 10.9. The molecule has 0 saturated carbocycles. The first-order valence-electron chi connectivity index (χ1n) is 10.5. The molecule has 2 N–H and O–H groups in total. The summed E-state index contributed by atoms with van der Waals surface area (Å²) in [5, 5.41) is 5.29. The van der Waals surface area contributed by atoms with E-state index in [0.29, 0.717) is 11.4 Å². The minimum absolute atomic E-state index is 0.0827. The largest absolute Gasteiger partial charge is 0.451 e. The van der Waals surface area contributed by atoms with E-state index in [1.807, 2.05) is 6.07 Å². The summed E-state index contributed by atoms with van der Waals surface area (Å²) < 4.78 is 8.25. The number of carbonyl (C=O) groups excluding carboxylic acids is 3. The van der Waals surface area contributed by atoms with Crippen LogP contribution < -0.4 is 16.2 Å². The highest BCUT2D eigenvalue weighted by molar-refractivity contribution is 6.33. The van der Waals surface area contributed by atoms with Gasteiger partial charge in [-0.1, -0.05) is 41.9 Å². The normalized spacial score (nSPS) is 12.5. The number of hydrogen-bond acceptors (Lipinski definition) is 5. The molecule has 0 saturated heterocycles. The van der Waals surface area contributed by atoms with Gasteiger partial charge in [-0.3, -0.25) is 19.1 Å². The van der Waals surface area contributed by atoms with Crippen molar-refractivity contribution >= 4 is 35.1 Å². The predicted octanol–water partition coefficient (Wildman–Crippen LogP) is 2.83. The summed E-state index contributed by atoms with van der Waals surface area (Å²) in [5.41, 5.74) is 1.05. The molecule has 0 aliphatic carbocycles. The summed E-state index contributed by atoms with van der Waals surface area (Å²) in [4.78, 5) is 50.4. The molecule has 9 nitrogen and oxygen atoms in total. The molecular weight excluding hydrogens is 460 g/mol. The number of anilines is 1. The van der Waals surface area contributed by atoms with Crippen molar-refractivity contribution in [3.63, 3.8) is 0 Å². The number of nitrogens with one attached hydrogen (secondary N) is 2. The van der Waals surface area contributed by atoms with Gasteiger partial charge in [0.2, 0.25) is 0 Å². The molecule has 0 bridgehead atoms. The highest BCUT2D eigenvalue weighted by Crippen LogP contribution is 2.16. The summed E-state index contributed by atoms with van der Waals surface area (Å²) in [5.74, 6) is -2.04. The zero-order valence-electron chi connectivity index (χ0n) is 19.2. The maximum absolute atomic E-state index is 12.9. The Hall–Kier alpha value is -3.85. The Labute approximate surface area is 201 Å². The Bertz CT molecular complexity index is 1280. The van der Waals surface area contributed by atoms with Gasteiger partial charge in [0.1, 0.15) is 11.7 Å². The zero-order valence-corrected chi connectivity index (χ0v) is 19.9. The highest BCUT2D eigenvalue weighted by atomic mass is 35.5. The molecule has 178 valence electrons. The van der Waals surface area contributed by atoms with Gasteiger partial charge in [0.25, 0.3) is 17.4 Å². The smallest absolute Gasteiger partial charge is 0.329 e. The molecule has 0 aliphatic heterocycles. The van der Waals surface area contributed by atoms with Crippen LogP contribution in [0.4, 0.5) is 5.69 Å². The fraction of sp³-hybridized carbons (Fsp3) is 0.250. The molecule has 3 rings (SSSR count). The summed E-state index contributed by atoms with van der Waals surface area (Å²) in [6.07, 6.45) is -1.21. The molecule has 0 aliphatic rings. The van der Waals surface area contributed by atoms with E-state index in [1.54, 1.807) is 61.1 Å². The number of para-hydroxylation sites is 1. The average molecular weight is 485 g/mol. The van der Waals surface area contributed by atoms with Crippen molar-refractivity contribution in [2.75, 3.05) is 5.32 Å². The lowest BCUT2D eigenvalue weighted by Gasteiger charge is -2.17. The van der Waals surface area contributed by atoms with Crippen LogP contribution in [0.15, 0.2) is 59.4 Å². The van der Waals surface area contributed by atoms with E-state index in [1.165, 1.54) is 24.6 Å². The van der Waals surface area contributed by atoms with Crippen molar-refractivity contribution < 1.29 is 19.1 Å². The van der Waals surface area contributed by atoms with Gasteiger partial charge in [0, 0.05) is 7.05 Å².